The number of esters is 2. The molecular weight excluding hydrogens is 248 g/mol. The SMILES string of the molecule is COC(=O)CC=CC[C@H]1C[C@H](C(=O)OC)CCC1=O. The minimum atomic E-state index is -0.307. The van der Waals surface area contributed by atoms with E-state index in [2.05, 4.69) is 4.74 Å². The minimum Gasteiger partial charge on any atom is -0.469 e. The van der Waals surface area contributed by atoms with Gasteiger partial charge in [-0.3, -0.25) is 14.4 Å². The van der Waals surface area contributed by atoms with E-state index in [0.29, 0.717) is 25.7 Å². The van der Waals surface area contributed by atoms with Gasteiger partial charge in [-0.25, -0.2) is 0 Å². The lowest BCUT2D eigenvalue weighted by Crippen LogP contribution is -2.29. The lowest BCUT2D eigenvalue weighted by molar-refractivity contribution is -0.148. The molecule has 1 aliphatic rings. The van der Waals surface area contributed by atoms with Crippen LogP contribution in [0.4, 0.5) is 0 Å². The zero-order valence-corrected chi connectivity index (χ0v) is 11.4. The van der Waals surface area contributed by atoms with E-state index in [1.165, 1.54) is 14.2 Å². The van der Waals surface area contributed by atoms with Crippen LogP contribution < -0.4 is 0 Å². The minimum absolute atomic E-state index is 0.147. The van der Waals surface area contributed by atoms with Crippen LogP contribution >= 0.6 is 0 Å². The van der Waals surface area contributed by atoms with Gasteiger partial charge in [0.25, 0.3) is 0 Å². The van der Waals surface area contributed by atoms with E-state index < -0.39 is 0 Å². The van der Waals surface area contributed by atoms with Crippen LogP contribution in [-0.4, -0.2) is 31.9 Å². The predicted molar refractivity (Wildman–Crippen MR) is 68.2 cm³/mol. The molecule has 0 bridgehead atoms. The van der Waals surface area contributed by atoms with Gasteiger partial charge in [-0.15, -0.1) is 0 Å². The normalized spacial score (nSPS) is 23.4. The van der Waals surface area contributed by atoms with Crippen molar-refractivity contribution in [1.29, 1.82) is 0 Å². The summed E-state index contributed by atoms with van der Waals surface area (Å²) in [7, 11) is 2.70. The van der Waals surface area contributed by atoms with Crippen LogP contribution in [0.1, 0.15) is 32.1 Å². The zero-order valence-electron chi connectivity index (χ0n) is 11.4. The Labute approximate surface area is 112 Å². The van der Waals surface area contributed by atoms with E-state index in [1.807, 2.05) is 0 Å². The fourth-order valence-electron chi connectivity index (χ4n) is 2.25. The number of ether oxygens (including phenoxy) is 2. The molecule has 5 heteroatoms. The van der Waals surface area contributed by atoms with Crippen molar-refractivity contribution in [2.24, 2.45) is 11.8 Å². The number of rotatable bonds is 5. The quantitative estimate of drug-likeness (QED) is 0.560. The second-order valence-electron chi connectivity index (χ2n) is 4.65. The third-order valence-electron chi connectivity index (χ3n) is 3.40. The van der Waals surface area contributed by atoms with Crippen molar-refractivity contribution in [3.63, 3.8) is 0 Å². The first-order valence-corrected chi connectivity index (χ1v) is 6.40. The number of hydrogen-bond donors (Lipinski definition) is 0. The molecule has 19 heavy (non-hydrogen) atoms. The van der Waals surface area contributed by atoms with Crippen LogP contribution in [0.5, 0.6) is 0 Å². The predicted octanol–water partition coefficient (Wildman–Crippen LogP) is 1.65. The molecule has 106 valence electrons. The Hall–Kier alpha value is -1.65. The van der Waals surface area contributed by atoms with Gasteiger partial charge < -0.3 is 9.47 Å². The van der Waals surface area contributed by atoms with Gasteiger partial charge in [0.05, 0.1) is 26.6 Å². The number of ketones is 1. The summed E-state index contributed by atoms with van der Waals surface area (Å²) < 4.78 is 9.22. The van der Waals surface area contributed by atoms with Gasteiger partial charge in [-0.1, -0.05) is 12.2 Å². The van der Waals surface area contributed by atoms with Crippen molar-refractivity contribution < 1.29 is 23.9 Å². The van der Waals surface area contributed by atoms with Gasteiger partial charge in [0.2, 0.25) is 0 Å². The second kappa shape index (κ2) is 7.71. The molecule has 0 aromatic rings. The lowest BCUT2D eigenvalue weighted by Gasteiger charge is -2.25. The Morgan fingerprint density at radius 2 is 2.00 bits per heavy atom. The fraction of sp³-hybridized carbons (Fsp3) is 0.643. The molecule has 0 aromatic heterocycles. The Bertz CT molecular complexity index is 372. The van der Waals surface area contributed by atoms with E-state index in [9.17, 15) is 14.4 Å². The molecule has 1 fully saturated rings. The number of carbonyl (C=O) groups excluding carboxylic acids is 3. The van der Waals surface area contributed by atoms with Gasteiger partial charge in [-0.2, -0.15) is 0 Å². The summed E-state index contributed by atoms with van der Waals surface area (Å²) in [6, 6.07) is 0. The summed E-state index contributed by atoms with van der Waals surface area (Å²) in [5, 5.41) is 0. The summed E-state index contributed by atoms with van der Waals surface area (Å²) in [6.07, 6.45) is 5.80. The van der Waals surface area contributed by atoms with E-state index in [-0.39, 0.29) is 36.0 Å². The molecule has 1 aliphatic carbocycles. The van der Waals surface area contributed by atoms with E-state index in [0.717, 1.165) is 0 Å². The highest BCUT2D eigenvalue weighted by molar-refractivity contribution is 5.84. The number of Topliss-reactive ketones (excluding diaryl/α,β-unsaturated/α-hetero) is 1. The van der Waals surface area contributed by atoms with Gasteiger partial charge in [0.15, 0.2) is 0 Å². The maximum absolute atomic E-state index is 11.8. The average molecular weight is 268 g/mol. The topological polar surface area (TPSA) is 69.7 Å². The van der Waals surface area contributed by atoms with Crippen molar-refractivity contribution >= 4 is 17.7 Å². The van der Waals surface area contributed by atoms with Gasteiger partial charge in [0, 0.05) is 12.3 Å². The summed E-state index contributed by atoms with van der Waals surface area (Å²) in [5.74, 6) is -0.689. The Balaban J connectivity index is 2.44. The first-order valence-electron chi connectivity index (χ1n) is 6.40. The number of hydrogen-bond acceptors (Lipinski definition) is 5. The largest absolute Gasteiger partial charge is 0.469 e. The molecule has 0 unspecified atom stereocenters. The first kappa shape index (κ1) is 15.4. The Morgan fingerprint density at radius 3 is 2.63 bits per heavy atom. The lowest BCUT2D eigenvalue weighted by atomic mass is 9.79. The molecule has 0 aliphatic heterocycles. The smallest absolute Gasteiger partial charge is 0.309 e. The maximum atomic E-state index is 11.8. The molecule has 0 aromatic carbocycles. The summed E-state index contributed by atoms with van der Waals surface area (Å²) in [5.41, 5.74) is 0. The molecule has 0 amide bonds. The summed E-state index contributed by atoms with van der Waals surface area (Å²) in [6.45, 7) is 0. The maximum Gasteiger partial charge on any atom is 0.309 e. The molecule has 1 saturated carbocycles. The summed E-state index contributed by atoms with van der Waals surface area (Å²) >= 11 is 0. The standard InChI is InChI=1S/C14H20O5/c1-18-13(16)6-4-3-5-10-9-11(14(17)19-2)7-8-12(10)15/h3-4,10-11H,5-9H2,1-2H3/t10-,11+/m0/s1. The molecule has 5 nitrogen and oxygen atoms in total. The van der Waals surface area contributed by atoms with Crippen LogP contribution in [0.2, 0.25) is 0 Å². The third kappa shape index (κ3) is 4.85. The molecular formula is C14H20O5. The molecule has 0 saturated heterocycles. The molecule has 0 N–H and O–H groups in total. The number of carbonyl (C=O) groups is 3. The van der Waals surface area contributed by atoms with Crippen LogP contribution in [0, 0.1) is 11.8 Å². The molecule has 1 rings (SSSR count). The van der Waals surface area contributed by atoms with Gasteiger partial charge >= 0.3 is 11.9 Å². The van der Waals surface area contributed by atoms with Crippen molar-refractivity contribution in [3.05, 3.63) is 12.2 Å². The zero-order chi connectivity index (χ0) is 14.3. The van der Waals surface area contributed by atoms with Crippen molar-refractivity contribution in [3.8, 4) is 0 Å². The molecule has 0 radical (unpaired) electrons. The van der Waals surface area contributed by atoms with Crippen LogP contribution in [0.15, 0.2) is 12.2 Å². The van der Waals surface area contributed by atoms with Gasteiger partial charge in [0.1, 0.15) is 5.78 Å². The fourth-order valence-corrected chi connectivity index (χ4v) is 2.25. The van der Waals surface area contributed by atoms with Crippen molar-refractivity contribution in [1.82, 2.24) is 0 Å². The van der Waals surface area contributed by atoms with Crippen molar-refractivity contribution in [2.75, 3.05) is 14.2 Å². The van der Waals surface area contributed by atoms with Gasteiger partial charge in [-0.05, 0) is 19.3 Å². The van der Waals surface area contributed by atoms with E-state index in [1.54, 1.807) is 12.2 Å². The van der Waals surface area contributed by atoms with Crippen LogP contribution in [0.3, 0.4) is 0 Å². The van der Waals surface area contributed by atoms with E-state index >= 15 is 0 Å². The van der Waals surface area contributed by atoms with E-state index in [4.69, 9.17) is 4.74 Å². The van der Waals surface area contributed by atoms with Crippen LogP contribution in [-0.2, 0) is 23.9 Å². The highest BCUT2D eigenvalue weighted by Crippen LogP contribution is 2.29. The van der Waals surface area contributed by atoms with Crippen molar-refractivity contribution in [2.45, 2.75) is 32.1 Å². The molecule has 2 atom stereocenters. The summed E-state index contributed by atoms with van der Waals surface area (Å²) in [4.78, 5) is 34.1. The molecule has 0 spiro atoms. The second-order valence-corrected chi connectivity index (χ2v) is 4.65. The third-order valence-corrected chi connectivity index (χ3v) is 3.40. The Kier molecular flexibility index (Phi) is 6.25. The number of methoxy groups -OCH3 is 2. The Morgan fingerprint density at radius 1 is 1.26 bits per heavy atom. The highest BCUT2D eigenvalue weighted by Gasteiger charge is 2.32. The molecule has 0 heterocycles. The number of allylic oxidation sites excluding steroid dienone is 1. The highest BCUT2D eigenvalue weighted by atomic mass is 16.5. The van der Waals surface area contributed by atoms with Crippen LogP contribution in [0.25, 0.3) is 0 Å². The average Bonchev–Trinajstić information content (AvgIpc) is 2.44. The first-order chi connectivity index (χ1) is 9.08. The monoisotopic (exact) mass is 268 g/mol.